The molecule has 0 fully saturated rings. The lowest BCUT2D eigenvalue weighted by Gasteiger charge is -2.24. The van der Waals surface area contributed by atoms with Gasteiger partial charge in [0.2, 0.25) is 10.0 Å². The van der Waals surface area contributed by atoms with Crippen molar-refractivity contribution in [3.05, 3.63) is 131 Å². The van der Waals surface area contributed by atoms with Crippen molar-refractivity contribution in [3.8, 4) is 5.75 Å². The molecule has 7 heteroatoms. The van der Waals surface area contributed by atoms with E-state index >= 15 is 0 Å². The smallest absolute Gasteiger partial charge is 0.254 e. The van der Waals surface area contributed by atoms with Crippen LogP contribution in [0.25, 0.3) is 0 Å². The largest absolute Gasteiger partial charge is 0.496 e. The Hall–Kier alpha value is -3.94. The molecule has 0 aromatic heterocycles. The average Bonchev–Trinajstić information content (AvgIpc) is 2.94. The van der Waals surface area contributed by atoms with E-state index in [9.17, 15) is 13.2 Å². The molecule has 0 saturated heterocycles. The van der Waals surface area contributed by atoms with Crippen LogP contribution in [-0.2, 0) is 29.7 Å². The number of nitrogens with zero attached hydrogens (tertiary/aromatic N) is 2. The van der Waals surface area contributed by atoms with Gasteiger partial charge >= 0.3 is 0 Å². The Labute approximate surface area is 218 Å². The Morgan fingerprint density at radius 3 is 1.76 bits per heavy atom. The number of carbonyl (C=O) groups excluding carboxylic acids is 1. The highest BCUT2D eigenvalue weighted by Crippen LogP contribution is 2.25. The number of methoxy groups -OCH3 is 1. The van der Waals surface area contributed by atoms with Crippen molar-refractivity contribution in [2.45, 2.75) is 24.5 Å². The first-order chi connectivity index (χ1) is 17.9. The topological polar surface area (TPSA) is 66.9 Å². The number of sulfonamides is 1. The second-order valence-corrected chi connectivity index (χ2v) is 10.8. The molecule has 4 aromatic carbocycles. The molecule has 0 heterocycles. The van der Waals surface area contributed by atoms with E-state index in [0.717, 1.165) is 11.1 Å². The predicted molar refractivity (Wildman–Crippen MR) is 145 cm³/mol. The zero-order chi connectivity index (χ0) is 26.3. The van der Waals surface area contributed by atoms with Gasteiger partial charge in [0.05, 0.1) is 12.0 Å². The van der Waals surface area contributed by atoms with Crippen LogP contribution in [0.15, 0.2) is 114 Å². The lowest BCUT2D eigenvalue weighted by molar-refractivity contribution is 0.0730. The summed E-state index contributed by atoms with van der Waals surface area (Å²) >= 11 is 0. The Bertz CT molecular complexity index is 1390. The molecule has 0 saturated carbocycles. The summed E-state index contributed by atoms with van der Waals surface area (Å²) in [6.07, 6.45) is 0. The van der Waals surface area contributed by atoms with Crippen molar-refractivity contribution in [1.29, 1.82) is 0 Å². The van der Waals surface area contributed by atoms with Crippen LogP contribution in [0.3, 0.4) is 0 Å². The third kappa shape index (κ3) is 6.44. The van der Waals surface area contributed by atoms with Crippen molar-refractivity contribution in [1.82, 2.24) is 9.21 Å². The summed E-state index contributed by atoms with van der Waals surface area (Å²) in [5.74, 6) is 0.370. The number of hydrogen-bond acceptors (Lipinski definition) is 4. The first-order valence-corrected chi connectivity index (χ1v) is 13.4. The summed E-state index contributed by atoms with van der Waals surface area (Å²) < 4.78 is 32.9. The van der Waals surface area contributed by atoms with Gasteiger partial charge in [-0.15, -0.1) is 0 Å². The van der Waals surface area contributed by atoms with E-state index in [2.05, 4.69) is 0 Å². The van der Waals surface area contributed by atoms with Crippen molar-refractivity contribution in [3.63, 3.8) is 0 Å². The fraction of sp³-hybridized carbons (Fsp3) is 0.167. The number of hydrogen-bond donors (Lipinski definition) is 0. The highest BCUT2D eigenvalue weighted by molar-refractivity contribution is 7.89. The van der Waals surface area contributed by atoms with Gasteiger partial charge < -0.3 is 9.64 Å². The molecular formula is C30H30N2O4S. The summed E-state index contributed by atoms with van der Waals surface area (Å²) in [5, 5.41) is 0. The van der Waals surface area contributed by atoms with E-state index < -0.39 is 10.0 Å². The van der Waals surface area contributed by atoms with Gasteiger partial charge in [0, 0.05) is 37.8 Å². The maximum absolute atomic E-state index is 13.8. The molecule has 0 bridgehead atoms. The standard InChI is InChI=1S/C30H30N2O4S/c1-31(37(34,35)28-16-10-5-11-17-28)23-27-20-26(18-19-29(27)36-2)30(33)32(21-24-12-6-3-7-13-24)22-25-14-8-4-9-15-25/h3-20H,21-23H2,1-2H3. The van der Waals surface area contributed by atoms with Crippen molar-refractivity contribution in [2.75, 3.05) is 14.2 Å². The monoisotopic (exact) mass is 514 g/mol. The zero-order valence-corrected chi connectivity index (χ0v) is 21.8. The summed E-state index contributed by atoms with van der Waals surface area (Å²) in [7, 11) is -0.658. The summed E-state index contributed by atoms with van der Waals surface area (Å²) in [6.45, 7) is 0.940. The van der Waals surface area contributed by atoms with Gasteiger partial charge in [-0.05, 0) is 41.5 Å². The molecule has 0 unspecified atom stereocenters. The minimum absolute atomic E-state index is 0.0545. The Morgan fingerprint density at radius 2 is 1.24 bits per heavy atom. The summed E-state index contributed by atoms with van der Waals surface area (Å²) in [4.78, 5) is 15.8. The SMILES string of the molecule is COc1ccc(C(=O)N(Cc2ccccc2)Cc2ccccc2)cc1CN(C)S(=O)(=O)c1ccccc1. The van der Waals surface area contributed by atoms with E-state index in [1.165, 1.54) is 18.5 Å². The zero-order valence-electron chi connectivity index (χ0n) is 20.9. The molecule has 6 nitrogen and oxygen atoms in total. The highest BCUT2D eigenvalue weighted by atomic mass is 32.2. The Morgan fingerprint density at radius 1 is 0.730 bits per heavy atom. The van der Waals surface area contributed by atoms with Crippen LogP contribution in [-0.4, -0.2) is 37.7 Å². The molecule has 0 aliphatic heterocycles. The van der Waals surface area contributed by atoms with Crippen LogP contribution < -0.4 is 4.74 Å². The molecule has 4 rings (SSSR count). The quantitative estimate of drug-likeness (QED) is 0.286. The molecule has 0 aliphatic carbocycles. The molecule has 0 N–H and O–H groups in total. The third-order valence-corrected chi connectivity index (χ3v) is 7.91. The van der Waals surface area contributed by atoms with Crippen molar-refractivity contribution in [2.24, 2.45) is 0 Å². The van der Waals surface area contributed by atoms with Crippen molar-refractivity contribution < 1.29 is 17.9 Å². The number of amides is 1. The van der Waals surface area contributed by atoms with Gasteiger partial charge in [0.15, 0.2) is 0 Å². The number of carbonyl (C=O) groups is 1. The number of rotatable bonds is 10. The van der Waals surface area contributed by atoms with Crippen molar-refractivity contribution >= 4 is 15.9 Å². The van der Waals surface area contributed by atoms with Crippen LogP contribution >= 0.6 is 0 Å². The molecule has 0 spiro atoms. The first-order valence-electron chi connectivity index (χ1n) is 11.9. The van der Waals surface area contributed by atoms with Crippen LogP contribution in [0.4, 0.5) is 0 Å². The minimum atomic E-state index is -3.71. The van der Waals surface area contributed by atoms with E-state index in [1.54, 1.807) is 53.4 Å². The maximum Gasteiger partial charge on any atom is 0.254 e. The molecular weight excluding hydrogens is 484 g/mol. The molecule has 0 aliphatic rings. The second kappa shape index (κ2) is 11.9. The number of ether oxygens (including phenoxy) is 1. The van der Waals surface area contributed by atoms with E-state index in [1.807, 2.05) is 60.7 Å². The fourth-order valence-electron chi connectivity index (χ4n) is 4.12. The fourth-order valence-corrected chi connectivity index (χ4v) is 5.29. The summed E-state index contributed by atoms with van der Waals surface area (Å²) in [5.41, 5.74) is 3.12. The van der Waals surface area contributed by atoms with E-state index in [-0.39, 0.29) is 17.3 Å². The van der Waals surface area contributed by atoms with Crippen LogP contribution in [0.5, 0.6) is 5.75 Å². The second-order valence-electron chi connectivity index (χ2n) is 8.73. The minimum Gasteiger partial charge on any atom is -0.496 e. The van der Waals surface area contributed by atoms with E-state index in [0.29, 0.717) is 30.0 Å². The molecule has 0 atom stereocenters. The molecule has 1 amide bonds. The Kier molecular flexibility index (Phi) is 8.38. The van der Waals surface area contributed by atoms with Gasteiger partial charge in [0.25, 0.3) is 5.91 Å². The Balaban J connectivity index is 1.63. The van der Waals surface area contributed by atoms with Gasteiger partial charge in [0.1, 0.15) is 5.75 Å². The van der Waals surface area contributed by atoms with Gasteiger partial charge in [-0.25, -0.2) is 8.42 Å². The lowest BCUT2D eigenvalue weighted by Crippen LogP contribution is -2.30. The molecule has 0 radical (unpaired) electrons. The average molecular weight is 515 g/mol. The molecule has 4 aromatic rings. The summed E-state index contributed by atoms with van der Waals surface area (Å²) in [6, 6.07) is 33.1. The van der Waals surface area contributed by atoms with Crippen LogP contribution in [0, 0.1) is 0 Å². The van der Waals surface area contributed by atoms with Crippen LogP contribution in [0.1, 0.15) is 27.0 Å². The number of benzene rings is 4. The molecule has 190 valence electrons. The van der Waals surface area contributed by atoms with Gasteiger partial charge in [-0.3, -0.25) is 4.79 Å². The molecule has 37 heavy (non-hydrogen) atoms. The lowest BCUT2D eigenvalue weighted by atomic mass is 10.1. The predicted octanol–water partition coefficient (Wildman–Crippen LogP) is 5.36. The maximum atomic E-state index is 13.8. The van der Waals surface area contributed by atoms with Crippen LogP contribution in [0.2, 0.25) is 0 Å². The first kappa shape index (κ1) is 26.1. The van der Waals surface area contributed by atoms with E-state index in [4.69, 9.17) is 4.74 Å². The highest BCUT2D eigenvalue weighted by Gasteiger charge is 2.23. The van der Waals surface area contributed by atoms with Gasteiger partial charge in [-0.1, -0.05) is 78.9 Å². The normalized spacial score (nSPS) is 11.3. The third-order valence-electron chi connectivity index (χ3n) is 6.09. The van der Waals surface area contributed by atoms with Gasteiger partial charge in [-0.2, -0.15) is 4.31 Å².